The van der Waals surface area contributed by atoms with Crippen LogP contribution in [0.2, 0.25) is 0 Å². The van der Waals surface area contributed by atoms with Crippen molar-refractivity contribution in [2.45, 2.75) is 117 Å². The average molecular weight is 554 g/mol. The van der Waals surface area contributed by atoms with Crippen LogP contribution < -0.4 is 10.6 Å². The molecule has 5 rings (SSSR count). The second kappa shape index (κ2) is 12.8. The molecule has 1 heterocycles. The second-order valence-electron chi connectivity index (χ2n) is 14.6. The van der Waals surface area contributed by atoms with Crippen molar-refractivity contribution in [3.63, 3.8) is 0 Å². The van der Waals surface area contributed by atoms with Crippen LogP contribution in [0.25, 0.3) is 0 Å². The number of fused-ring (bicyclic) bond motifs is 5. The number of aliphatic hydroxyl groups is 1. The van der Waals surface area contributed by atoms with Crippen LogP contribution in [-0.4, -0.2) is 46.4 Å². The topological polar surface area (TPSA) is 94.5 Å². The lowest BCUT2D eigenvalue weighted by molar-refractivity contribution is -0.167. The van der Waals surface area contributed by atoms with Crippen LogP contribution in [0.1, 0.15) is 104 Å². The highest BCUT2D eigenvalue weighted by molar-refractivity contribution is 5.66. The van der Waals surface area contributed by atoms with Gasteiger partial charge in [-0.05, 0) is 142 Å². The number of hydrogen-bond donors (Lipinski definition) is 4. The Bertz CT molecular complexity index is 974. The highest BCUT2D eigenvalue weighted by Crippen LogP contribution is 2.68. The van der Waals surface area contributed by atoms with Crippen molar-refractivity contribution in [3.05, 3.63) is 30.1 Å². The standard InChI is InChI=1S/C34H55N3O3/c1-23(9-12-31(39)40)27-10-11-28-32-29(14-16-34(27,28)3)33(2)15-13-25(20-24(33)21-30(32)38)36-19-7-6-17-35-22-26-8-4-5-18-37-26/h4-5,8,18,23-25,27-30,32,35-36,38H,6-7,9-17,19-22H2,1-3H3,(H,39,40)/t23-,24-,25+,27-,28?,29?,30-,32?,33+,34-/m1/s1. The first-order chi connectivity index (χ1) is 19.2. The van der Waals surface area contributed by atoms with Crippen LogP contribution in [0.5, 0.6) is 0 Å². The molecule has 10 atom stereocenters. The van der Waals surface area contributed by atoms with Gasteiger partial charge in [0.05, 0.1) is 11.8 Å². The van der Waals surface area contributed by atoms with E-state index in [4.69, 9.17) is 0 Å². The molecule has 0 aliphatic heterocycles. The molecule has 224 valence electrons. The molecule has 3 unspecified atom stereocenters. The lowest BCUT2D eigenvalue weighted by atomic mass is 9.43. The van der Waals surface area contributed by atoms with E-state index in [2.05, 4.69) is 42.5 Å². The van der Waals surface area contributed by atoms with E-state index in [1.165, 1.54) is 57.8 Å². The Balaban J connectivity index is 1.10. The number of unbranched alkanes of at least 4 members (excludes halogenated alkanes) is 1. The molecule has 0 saturated heterocycles. The van der Waals surface area contributed by atoms with E-state index in [0.717, 1.165) is 38.2 Å². The molecular formula is C34H55N3O3. The molecule has 4 fully saturated rings. The molecule has 4 aliphatic carbocycles. The first kappa shape index (κ1) is 30.0. The van der Waals surface area contributed by atoms with Gasteiger partial charge in [-0.25, -0.2) is 0 Å². The molecule has 0 amide bonds. The SMILES string of the molecule is C[C@H](CCC(=O)O)[C@H]1CCC2C3C(CC[C@@]21C)[C@@]1(C)CC[C@H](NCCCCNCc2ccccn2)C[C@@H]1C[C@H]3O. The minimum Gasteiger partial charge on any atom is -0.481 e. The highest BCUT2D eigenvalue weighted by Gasteiger charge is 2.62. The molecule has 6 nitrogen and oxygen atoms in total. The van der Waals surface area contributed by atoms with Gasteiger partial charge in [-0.15, -0.1) is 0 Å². The number of carbonyl (C=O) groups is 1. The summed E-state index contributed by atoms with van der Waals surface area (Å²) in [5.74, 6) is 2.66. The molecule has 40 heavy (non-hydrogen) atoms. The van der Waals surface area contributed by atoms with E-state index < -0.39 is 5.97 Å². The molecule has 1 aromatic rings. The maximum Gasteiger partial charge on any atom is 0.303 e. The molecule has 4 aliphatic rings. The predicted molar refractivity (Wildman–Crippen MR) is 160 cm³/mol. The zero-order valence-corrected chi connectivity index (χ0v) is 25.3. The van der Waals surface area contributed by atoms with Gasteiger partial charge in [0, 0.05) is 25.2 Å². The smallest absolute Gasteiger partial charge is 0.303 e. The van der Waals surface area contributed by atoms with Gasteiger partial charge in [0.1, 0.15) is 0 Å². The van der Waals surface area contributed by atoms with Crippen LogP contribution in [0.4, 0.5) is 0 Å². The number of rotatable bonds is 12. The van der Waals surface area contributed by atoms with Gasteiger partial charge in [0.2, 0.25) is 0 Å². The first-order valence-electron chi connectivity index (χ1n) is 16.5. The number of carboxylic acids is 1. The summed E-state index contributed by atoms with van der Waals surface area (Å²) in [5, 5.41) is 28.3. The van der Waals surface area contributed by atoms with E-state index >= 15 is 0 Å². The number of nitrogens with one attached hydrogen (secondary N) is 2. The Morgan fingerprint density at radius 3 is 2.60 bits per heavy atom. The molecule has 4 saturated carbocycles. The zero-order valence-electron chi connectivity index (χ0n) is 25.3. The molecule has 4 N–H and O–H groups in total. The predicted octanol–water partition coefficient (Wildman–Crippen LogP) is 6.04. The third-order valence-electron chi connectivity index (χ3n) is 12.5. The summed E-state index contributed by atoms with van der Waals surface area (Å²) in [6, 6.07) is 6.65. The van der Waals surface area contributed by atoms with Crippen LogP contribution >= 0.6 is 0 Å². The number of nitrogens with zero attached hydrogens (tertiary/aromatic N) is 1. The van der Waals surface area contributed by atoms with Gasteiger partial charge >= 0.3 is 5.97 Å². The summed E-state index contributed by atoms with van der Waals surface area (Å²) >= 11 is 0. The van der Waals surface area contributed by atoms with Gasteiger partial charge in [-0.3, -0.25) is 9.78 Å². The minimum atomic E-state index is -0.671. The molecule has 0 aromatic carbocycles. The summed E-state index contributed by atoms with van der Waals surface area (Å²) in [4.78, 5) is 15.6. The maximum absolute atomic E-state index is 11.7. The molecule has 0 radical (unpaired) electrons. The Kier molecular flexibility index (Phi) is 9.58. The second-order valence-corrected chi connectivity index (χ2v) is 14.6. The average Bonchev–Trinajstić information content (AvgIpc) is 3.29. The van der Waals surface area contributed by atoms with Crippen molar-refractivity contribution in [1.29, 1.82) is 0 Å². The highest BCUT2D eigenvalue weighted by atomic mass is 16.4. The number of hydrogen-bond acceptors (Lipinski definition) is 5. The van der Waals surface area contributed by atoms with Crippen molar-refractivity contribution in [2.24, 2.45) is 46.3 Å². The van der Waals surface area contributed by atoms with Crippen LogP contribution in [0.3, 0.4) is 0 Å². The van der Waals surface area contributed by atoms with Crippen molar-refractivity contribution >= 4 is 5.97 Å². The Morgan fingerprint density at radius 1 is 1.05 bits per heavy atom. The number of aliphatic carboxylic acids is 1. The van der Waals surface area contributed by atoms with E-state index in [0.29, 0.717) is 47.0 Å². The largest absolute Gasteiger partial charge is 0.481 e. The number of carboxylic acid groups (broad SMARTS) is 1. The fourth-order valence-corrected chi connectivity index (χ4v) is 10.3. The Labute approximate surface area is 242 Å². The monoisotopic (exact) mass is 553 g/mol. The third kappa shape index (κ3) is 6.15. The van der Waals surface area contributed by atoms with E-state index in [1.54, 1.807) is 0 Å². The summed E-state index contributed by atoms with van der Waals surface area (Å²) < 4.78 is 0. The van der Waals surface area contributed by atoms with Gasteiger partial charge in [-0.2, -0.15) is 0 Å². The summed E-state index contributed by atoms with van der Waals surface area (Å²) in [5.41, 5.74) is 1.71. The third-order valence-corrected chi connectivity index (χ3v) is 12.5. The minimum absolute atomic E-state index is 0.176. The molecule has 0 bridgehead atoms. The fourth-order valence-electron chi connectivity index (χ4n) is 10.3. The van der Waals surface area contributed by atoms with Gasteiger partial charge < -0.3 is 20.8 Å². The number of aliphatic hydroxyl groups excluding tert-OH is 1. The number of pyridine rings is 1. The van der Waals surface area contributed by atoms with Crippen LogP contribution in [-0.2, 0) is 11.3 Å². The van der Waals surface area contributed by atoms with Crippen LogP contribution in [0.15, 0.2) is 24.4 Å². The fraction of sp³-hybridized carbons (Fsp3) is 0.824. The molecule has 6 heteroatoms. The van der Waals surface area contributed by atoms with Crippen molar-refractivity contribution in [1.82, 2.24) is 15.6 Å². The zero-order chi connectivity index (χ0) is 28.3. The molecule has 0 spiro atoms. The Morgan fingerprint density at radius 2 is 1.82 bits per heavy atom. The van der Waals surface area contributed by atoms with Crippen molar-refractivity contribution in [3.8, 4) is 0 Å². The van der Waals surface area contributed by atoms with Gasteiger partial charge in [0.25, 0.3) is 0 Å². The van der Waals surface area contributed by atoms with Crippen molar-refractivity contribution < 1.29 is 15.0 Å². The summed E-state index contributed by atoms with van der Waals surface area (Å²) in [6.07, 6.45) is 14.8. The summed E-state index contributed by atoms with van der Waals surface area (Å²) in [7, 11) is 0. The lowest BCUT2D eigenvalue weighted by Crippen LogP contribution is -2.59. The van der Waals surface area contributed by atoms with Gasteiger partial charge in [-0.1, -0.05) is 26.8 Å². The Hall–Kier alpha value is -1.50. The van der Waals surface area contributed by atoms with E-state index in [1.807, 2.05) is 18.3 Å². The van der Waals surface area contributed by atoms with E-state index in [9.17, 15) is 15.0 Å². The number of aromatic nitrogens is 1. The summed E-state index contributed by atoms with van der Waals surface area (Å²) in [6.45, 7) is 10.3. The van der Waals surface area contributed by atoms with E-state index in [-0.39, 0.29) is 17.9 Å². The maximum atomic E-state index is 11.7. The quantitative estimate of drug-likeness (QED) is 0.236. The first-order valence-corrected chi connectivity index (χ1v) is 16.5. The van der Waals surface area contributed by atoms with Gasteiger partial charge in [0.15, 0.2) is 0 Å². The van der Waals surface area contributed by atoms with Crippen LogP contribution in [0, 0.1) is 46.3 Å². The molecule has 1 aromatic heterocycles. The normalized spacial score (nSPS) is 39.6. The van der Waals surface area contributed by atoms with Crippen molar-refractivity contribution in [2.75, 3.05) is 13.1 Å². The lowest BCUT2D eigenvalue weighted by Gasteiger charge is -2.62. The molecular weight excluding hydrogens is 498 g/mol.